The molecule has 5 nitrogen and oxygen atoms in total. The fourth-order valence-corrected chi connectivity index (χ4v) is 1.97. The number of rotatable bonds is 2. The van der Waals surface area contributed by atoms with E-state index >= 15 is 0 Å². The normalized spacial score (nSPS) is 21.9. The summed E-state index contributed by atoms with van der Waals surface area (Å²) < 4.78 is 4.70. The highest BCUT2D eigenvalue weighted by molar-refractivity contribution is 6.32. The van der Waals surface area contributed by atoms with Gasteiger partial charge in [0.25, 0.3) is 0 Å². The summed E-state index contributed by atoms with van der Waals surface area (Å²) in [5, 5.41) is 0. The van der Waals surface area contributed by atoms with Crippen LogP contribution in [0.25, 0.3) is 0 Å². The molecule has 92 valence electrons. The molecule has 1 heterocycles. The van der Waals surface area contributed by atoms with Gasteiger partial charge in [-0.25, -0.2) is 4.79 Å². The molecule has 5 heteroatoms. The van der Waals surface area contributed by atoms with Crippen LogP contribution in [0.4, 0.5) is 0 Å². The number of hydrogen-bond acceptors (Lipinski definition) is 4. The van der Waals surface area contributed by atoms with Crippen LogP contribution in [-0.2, 0) is 14.3 Å². The van der Waals surface area contributed by atoms with Crippen molar-refractivity contribution in [3.63, 3.8) is 0 Å². The largest absolute Gasteiger partial charge is 0.459 e. The van der Waals surface area contributed by atoms with E-state index in [2.05, 4.69) is 18.7 Å². The van der Waals surface area contributed by atoms with Crippen LogP contribution in [-0.4, -0.2) is 60.5 Å². The maximum atomic E-state index is 11.7. The zero-order valence-electron chi connectivity index (χ0n) is 10.2. The van der Waals surface area contributed by atoms with E-state index in [-0.39, 0.29) is 6.61 Å². The Balaban J connectivity index is 2.51. The van der Waals surface area contributed by atoms with Gasteiger partial charge in [0.15, 0.2) is 0 Å². The first-order valence-electron chi connectivity index (χ1n) is 5.80. The van der Waals surface area contributed by atoms with Crippen molar-refractivity contribution in [1.82, 2.24) is 9.80 Å². The monoisotopic (exact) mass is 228 g/mol. The molecule has 0 aromatic carbocycles. The molecule has 0 aromatic heterocycles. The Kier molecular flexibility index (Phi) is 4.73. The summed E-state index contributed by atoms with van der Waals surface area (Å²) in [5.41, 5.74) is 0. The van der Waals surface area contributed by atoms with E-state index in [1.54, 1.807) is 11.8 Å². The molecular weight excluding hydrogens is 208 g/mol. The Morgan fingerprint density at radius 3 is 2.50 bits per heavy atom. The van der Waals surface area contributed by atoms with E-state index in [0.717, 1.165) is 13.1 Å². The van der Waals surface area contributed by atoms with Gasteiger partial charge in [-0.15, -0.1) is 0 Å². The van der Waals surface area contributed by atoms with Crippen LogP contribution in [0.5, 0.6) is 0 Å². The van der Waals surface area contributed by atoms with Crippen LogP contribution in [0.1, 0.15) is 20.8 Å². The highest BCUT2D eigenvalue weighted by atomic mass is 16.5. The van der Waals surface area contributed by atoms with Gasteiger partial charge in [-0.2, -0.15) is 0 Å². The van der Waals surface area contributed by atoms with Crippen LogP contribution in [0, 0.1) is 0 Å². The minimum atomic E-state index is -0.736. The Labute approximate surface area is 96.3 Å². The van der Waals surface area contributed by atoms with Crippen molar-refractivity contribution in [1.29, 1.82) is 0 Å². The standard InChI is InChI=1S/C11H20N2O3/c1-4-12-6-7-13(8-9(12)3)10(14)11(15)16-5-2/h9H,4-8H2,1-3H3. The van der Waals surface area contributed by atoms with Gasteiger partial charge in [-0.3, -0.25) is 9.69 Å². The SMILES string of the molecule is CCOC(=O)C(=O)N1CCN(CC)C(C)C1. The Morgan fingerprint density at radius 2 is 2.00 bits per heavy atom. The molecule has 0 spiro atoms. The zero-order chi connectivity index (χ0) is 12.1. The molecule has 1 aliphatic heterocycles. The van der Waals surface area contributed by atoms with Crippen molar-refractivity contribution in [2.24, 2.45) is 0 Å². The minimum absolute atomic E-state index is 0.245. The van der Waals surface area contributed by atoms with Crippen LogP contribution in [0.15, 0.2) is 0 Å². The smallest absolute Gasteiger partial charge is 0.397 e. The number of esters is 1. The van der Waals surface area contributed by atoms with Crippen molar-refractivity contribution in [2.75, 3.05) is 32.8 Å². The molecule has 1 rings (SSSR count). The summed E-state index contributed by atoms with van der Waals surface area (Å²) in [7, 11) is 0. The third kappa shape index (κ3) is 2.95. The molecule has 0 N–H and O–H groups in total. The Hall–Kier alpha value is -1.10. The predicted octanol–water partition coefficient (Wildman–Crippen LogP) is 0.102. The Bertz CT molecular complexity index is 268. The fourth-order valence-electron chi connectivity index (χ4n) is 1.97. The molecule has 0 radical (unpaired) electrons. The molecule has 1 aliphatic rings. The number of carbonyl (C=O) groups excluding carboxylic acids is 2. The average Bonchev–Trinajstić information content (AvgIpc) is 2.28. The van der Waals surface area contributed by atoms with Crippen molar-refractivity contribution >= 4 is 11.9 Å². The summed E-state index contributed by atoms with van der Waals surface area (Å²) in [6, 6.07) is 0.303. The molecule has 0 aliphatic carbocycles. The van der Waals surface area contributed by atoms with Gasteiger partial charge in [0.2, 0.25) is 0 Å². The number of likely N-dealkylation sites (N-methyl/N-ethyl adjacent to an activating group) is 1. The number of hydrogen-bond donors (Lipinski definition) is 0. The highest BCUT2D eigenvalue weighted by Gasteiger charge is 2.29. The summed E-state index contributed by atoms with van der Waals surface area (Å²) in [4.78, 5) is 26.8. The predicted molar refractivity (Wildman–Crippen MR) is 59.9 cm³/mol. The van der Waals surface area contributed by atoms with Gasteiger partial charge in [0.1, 0.15) is 0 Å². The third-order valence-corrected chi connectivity index (χ3v) is 2.91. The lowest BCUT2D eigenvalue weighted by Crippen LogP contribution is -2.54. The first-order valence-corrected chi connectivity index (χ1v) is 5.80. The van der Waals surface area contributed by atoms with E-state index in [4.69, 9.17) is 4.74 Å². The lowest BCUT2D eigenvalue weighted by Gasteiger charge is -2.38. The summed E-state index contributed by atoms with van der Waals surface area (Å²) in [5.74, 6) is -1.25. The van der Waals surface area contributed by atoms with E-state index in [0.29, 0.717) is 19.1 Å². The van der Waals surface area contributed by atoms with Gasteiger partial charge in [-0.1, -0.05) is 6.92 Å². The molecule has 0 bridgehead atoms. The summed E-state index contributed by atoms with van der Waals surface area (Å²) >= 11 is 0. The van der Waals surface area contributed by atoms with E-state index < -0.39 is 11.9 Å². The van der Waals surface area contributed by atoms with Crippen molar-refractivity contribution < 1.29 is 14.3 Å². The quantitative estimate of drug-likeness (QED) is 0.497. The molecule has 1 amide bonds. The lowest BCUT2D eigenvalue weighted by molar-refractivity contribution is -0.161. The van der Waals surface area contributed by atoms with Crippen LogP contribution in [0.2, 0.25) is 0 Å². The number of ether oxygens (including phenoxy) is 1. The molecule has 0 aromatic rings. The van der Waals surface area contributed by atoms with Gasteiger partial charge in [0.05, 0.1) is 6.61 Å². The molecule has 0 saturated carbocycles. The Morgan fingerprint density at radius 1 is 1.31 bits per heavy atom. The van der Waals surface area contributed by atoms with E-state index in [1.165, 1.54) is 0 Å². The average molecular weight is 228 g/mol. The fraction of sp³-hybridized carbons (Fsp3) is 0.818. The first-order chi connectivity index (χ1) is 7.60. The van der Waals surface area contributed by atoms with E-state index in [9.17, 15) is 9.59 Å². The van der Waals surface area contributed by atoms with Gasteiger partial charge in [-0.05, 0) is 20.4 Å². The maximum Gasteiger partial charge on any atom is 0.397 e. The lowest BCUT2D eigenvalue weighted by atomic mass is 10.2. The number of carbonyl (C=O) groups is 2. The topological polar surface area (TPSA) is 49.9 Å². The molecule has 1 atom stereocenters. The molecule has 1 unspecified atom stereocenters. The van der Waals surface area contributed by atoms with Crippen molar-refractivity contribution in [3.05, 3.63) is 0 Å². The van der Waals surface area contributed by atoms with Crippen LogP contribution >= 0.6 is 0 Å². The summed E-state index contributed by atoms with van der Waals surface area (Å²) in [6.07, 6.45) is 0. The molecule has 1 saturated heterocycles. The molecular formula is C11H20N2O3. The maximum absolute atomic E-state index is 11.7. The second-order valence-corrected chi connectivity index (χ2v) is 3.95. The number of amides is 1. The van der Waals surface area contributed by atoms with Crippen molar-refractivity contribution in [3.8, 4) is 0 Å². The molecule has 1 fully saturated rings. The second kappa shape index (κ2) is 5.84. The molecule has 16 heavy (non-hydrogen) atoms. The zero-order valence-corrected chi connectivity index (χ0v) is 10.2. The van der Waals surface area contributed by atoms with Gasteiger partial charge >= 0.3 is 11.9 Å². The number of piperazine rings is 1. The van der Waals surface area contributed by atoms with E-state index in [1.807, 2.05) is 0 Å². The summed E-state index contributed by atoms with van der Waals surface area (Å²) in [6.45, 7) is 9.11. The minimum Gasteiger partial charge on any atom is -0.459 e. The van der Waals surface area contributed by atoms with Gasteiger partial charge < -0.3 is 9.64 Å². The number of nitrogens with zero attached hydrogens (tertiary/aromatic N) is 2. The van der Waals surface area contributed by atoms with Gasteiger partial charge in [0, 0.05) is 25.7 Å². The second-order valence-electron chi connectivity index (χ2n) is 3.95. The third-order valence-electron chi connectivity index (χ3n) is 2.91. The first kappa shape index (κ1) is 13.0. The van der Waals surface area contributed by atoms with Crippen molar-refractivity contribution in [2.45, 2.75) is 26.8 Å². The highest BCUT2D eigenvalue weighted by Crippen LogP contribution is 2.09. The van der Waals surface area contributed by atoms with Crippen LogP contribution < -0.4 is 0 Å². The van der Waals surface area contributed by atoms with Crippen LogP contribution in [0.3, 0.4) is 0 Å².